The first-order valence-corrected chi connectivity index (χ1v) is 6.65. The predicted octanol–water partition coefficient (Wildman–Crippen LogP) is 4.59. The normalized spacial score (nSPS) is 10.1. The van der Waals surface area contributed by atoms with Crippen molar-refractivity contribution < 1.29 is 4.79 Å². The van der Waals surface area contributed by atoms with Crippen molar-refractivity contribution in [3.8, 4) is 0 Å². The number of aromatic nitrogens is 1. The van der Waals surface area contributed by atoms with Gasteiger partial charge in [0.1, 0.15) is 0 Å². The number of carbonyl (C=O) groups excluding carboxylic acids is 1. The van der Waals surface area contributed by atoms with Crippen LogP contribution in [-0.2, 0) is 0 Å². The molecular weight excluding hydrogens is 295 g/mol. The third-order valence-corrected chi connectivity index (χ3v) is 3.15. The van der Waals surface area contributed by atoms with Gasteiger partial charge >= 0.3 is 0 Å². The predicted molar refractivity (Wildman–Crippen MR) is 82.4 cm³/mol. The van der Waals surface area contributed by atoms with Gasteiger partial charge in [0.2, 0.25) is 0 Å². The maximum atomic E-state index is 12.0. The van der Waals surface area contributed by atoms with Crippen LogP contribution in [0.5, 0.6) is 0 Å². The third-order valence-electron chi connectivity index (χ3n) is 2.60. The van der Waals surface area contributed by atoms with E-state index in [1.807, 2.05) is 0 Å². The van der Waals surface area contributed by atoms with Crippen LogP contribution in [-0.4, -0.2) is 10.8 Å². The molecule has 0 bridgehead atoms. The Kier molecular flexibility index (Phi) is 4.77. The van der Waals surface area contributed by atoms with Crippen molar-refractivity contribution >= 4 is 34.7 Å². The maximum Gasteiger partial charge on any atom is 0.170 e. The molecule has 0 aliphatic heterocycles. The van der Waals surface area contributed by atoms with E-state index in [2.05, 4.69) is 16.9 Å². The second-order valence-electron chi connectivity index (χ2n) is 4.19. The smallest absolute Gasteiger partial charge is 0.170 e. The lowest BCUT2D eigenvalue weighted by Crippen LogP contribution is -2.06. The Balaban J connectivity index is 2.01. The number of ketones is 1. The molecule has 0 aliphatic rings. The molecule has 5 heteroatoms. The van der Waals surface area contributed by atoms with E-state index in [0.29, 0.717) is 27.0 Å². The molecule has 0 atom stereocenters. The molecule has 0 fully saturated rings. The average Bonchev–Trinajstić information content (AvgIpc) is 2.43. The minimum absolute atomic E-state index is 0.0549. The number of rotatable bonds is 5. The van der Waals surface area contributed by atoms with Crippen molar-refractivity contribution in [1.29, 1.82) is 0 Å². The Morgan fingerprint density at radius 3 is 2.75 bits per heavy atom. The molecule has 0 saturated heterocycles. The van der Waals surface area contributed by atoms with Gasteiger partial charge in [-0.2, -0.15) is 0 Å². The fourth-order valence-corrected chi connectivity index (χ4v) is 2.10. The molecule has 0 radical (unpaired) electrons. The number of halogens is 2. The number of anilines is 1. The van der Waals surface area contributed by atoms with Gasteiger partial charge in [0.05, 0.1) is 17.1 Å². The highest BCUT2D eigenvalue weighted by atomic mass is 35.5. The van der Waals surface area contributed by atoms with Crippen LogP contribution in [0.25, 0.3) is 0 Å². The number of pyridine rings is 1. The summed E-state index contributed by atoms with van der Waals surface area (Å²) in [5.41, 5.74) is 1.78. The van der Waals surface area contributed by atoms with Gasteiger partial charge in [0.15, 0.2) is 5.78 Å². The number of nitrogens with one attached hydrogen (secondary N) is 1. The molecule has 1 N–H and O–H groups in total. The van der Waals surface area contributed by atoms with Crippen LogP contribution in [0.2, 0.25) is 10.0 Å². The Morgan fingerprint density at radius 1 is 1.30 bits per heavy atom. The number of carbonyl (C=O) groups is 1. The fourth-order valence-electron chi connectivity index (χ4n) is 1.65. The van der Waals surface area contributed by atoms with Crippen molar-refractivity contribution in [1.82, 2.24) is 4.98 Å². The van der Waals surface area contributed by atoms with Crippen molar-refractivity contribution in [2.45, 2.75) is 6.42 Å². The molecule has 0 amide bonds. The topological polar surface area (TPSA) is 42.0 Å². The monoisotopic (exact) mass is 306 g/mol. The molecule has 2 aromatic rings. The zero-order chi connectivity index (χ0) is 14.5. The number of hydrogen-bond acceptors (Lipinski definition) is 3. The van der Waals surface area contributed by atoms with Crippen LogP contribution < -0.4 is 5.32 Å². The van der Waals surface area contributed by atoms with Gasteiger partial charge in [0, 0.05) is 28.7 Å². The van der Waals surface area contributed by atoms with Crippen LogP contribution in [0, 0.1) is 0 Å². The van der Waals surface area contributed by atoms with E-state index in [9.17, 15) is 4.79 Å². The molecule has 1 heterocycles. The number of benzene rings is 1. The lowest BCUT2D eigenvalue weighted by Gasteiger charge is -2.10. The minimum Gasteiger partial charge on any atom is -0.358 e. The number of nitrogens with zero attached hydrogens (tertiary/aromatic N) is 1. The van der Waals surface area contributed by atoms with Gasteiger partial charge < -0.3 is 5.32 Å². The van der Waals surface area contributed by atoms with E-state index in [1.54, 1.807) is 36.5 Å². The van der Waals surface area contributed by atoms with Crippen LogP contribution in [0.15, 0.2) is 55.0 Å². The van der Waals surface area contributed by atoms with Gasteiger partial charge in [-0.15, -0.1) is 0 Å². The highest BCUT2D eigenvalue weighted by Gasteiger charge is 2.09. The van der Waals surface area contributed by atoms with Crippen LogP contribution in [0.3, 0.4) is 0 Å². The van der Waals surface area contributed by atoms with Gasteiger partial charge in [-0.05, 0) is 30.3 Å². The molecule has 0 spiro atoms. The second-order valence-corrected chi connectivity index (χ2v) is 5.04. The summed E-state index contributed by atoms with van der Waals surface area (Å²) in [4.78, 5) is 15.9. The third kappa shape index (κ3) is 3.83. The lowest BCUT2D eigenvalue weighted by atomic mass is 10.1. The molecule has 0 saturated carbocycles. The van der Waals surface area contributed by atoms with Crippen molar-refractivity contribution in [3.63, 3.8) is 0 Å². The van der Waals surface area contributed by atoms with E-state index in [-0.39, 0.29) is 12.2 Å². The summed E-state index contributed by atoms with van der Waals surface area (Å²) in [6.45, 7) is 3.84. The van der Waals surface area contributed by atoms with Crippen LogP contribution >= 0.6 is 23.2 Å². The molecule has 3 nitrogen and oxygen atoms in total. The van der Waals surface area contributed by atoms with Crippen molar-refractivity contribution in [2.24, 2.45) is 0 Å². The summed E-state index contributed by atoms with van der Waals surface area (Å²) in [6, 6.07) is 8.52. The van der Waals surface area contributed by atoms with Crippen LogP contribution in [0.1, 0.15) is 16.8 Å². The highest BCUT2D eigenvalue weighted by molar-refractivity contribution is 6.36. The number of hydrogen-bond donors (Lipinski definition) is 1. The Labute approximate surface area is 127 Å². The first-order chi connectivity index (χ1) is 9.56. The fraction of sp³-hybridized carbons (Fsp3) is 0.0667. The Morgan fingerprint density at radius 2 is 2.10 bits per heavy atom. The summed E-state index contributed by atoms with van der Waals surface area (Å²) >= 11 is 11.9. The van der Waals surface area contributed by atoms with Crippen LogP contribution in [0.4, 0.5) is 5.69 Å². The zero-order valence-corrected chi connectivity index (χ0v) is 12.1. The first-order valence-electron chi connectivity index (χ1n) is 5.89. The summed E-state index contributed by atoms with van der Waals surface area (Å²) in [6.07, 6.45) is 3.33. The van der Waals surface area contributed by atoms with E-state index in [0.717, 1.165) is 0 Å². The number of Topliss-reactive ketones (excluding diaryl/α,β-unsaturated/α-hetero) is 1. The molecule has 1 aromatic heterocycles. The summed E-state index contributed by atoms with van der Waals surface area (Å²) in [5.74, 6) is -0.0549. The molecule has 20 heavy (non-hydrogen) atoms. The maximum absolute atomic E-state index is 12.0. The lowest BCUT2D eigenvalue weighted by molar-refractivity contribution is 0.0993. The Hall–Kier alpha value is -1.84. The molecule has 2 rings (SSSR count). The van der Waals surface area contributed by atoms with Gasteiger partial charge in [0.25, 0.3) is 0 Å². The summed E-state index contributed by atoms with van der Waals surface area (Å²) < 4.78 is 0. The summed E-state index contributed by atoms with van der Waals surface area (Å²) in [7, 11) is 0. The molecule has 0 aliphatic carbocycles. The van der Waals surface area contributed by atoms with Crippen molar-refractivity contribution in [3.05, 3.63) is 70.6 Å². The first kappa shape index (κ1) is 14.6. The zero-order valence-electron chi connectivity index (χ0n) is 10.6. The van der Waals surface area contributed by atoms with E-state index < -0.39 is 0 Å². The summed E-state index contributed by atoms with van der Waals surface area (Å²) in [5, 5.41) is 4.04. The van der Waals surface area contributed by atoms with Gasteiger partial charge in [-0.25, -0.2) is 0 Å². The Bertz CT molecular complexity index is 642. The molecule has 102 valence electrons. The van der Waals surface area contributed by atoms with E-state index in [4.69, 9.17) is 23.2 Å². The molecule has 0 unspecified atom stereocenters. The van der Waals surface area contributed by atoms with Crippen molar-refractivity contribution in [2.75, 3.05) is 5.32 Å². The minimum atomic E-state index is -0.0549. The SMILES string of the molecule is C=C(CC(=O)c1cccnc1)Nc1ccc(Cl)cc1Cl. The average molecular weight is 307 g/mol. The quantitative estimate of drug-likeness (QED) is 0.822. The van der Waals surface area contributed by atoms with Gasteiger partial charge in [-0.1, -0.05) is 29.8 Å². The number of allylic oxidation sites excluding steroid dienone is 1. The standard InChI is InChI=1S/C15H12Cl2N2O/c1-10(7-15(20)11-3-2-6-18-9-11)19-14-5-4-12(16)8-13(14)17/h2-6,8-9,19H,1,7H2. The molecular formula is C15H12Cl2N2O. The van der Waals surface area contributed by atoms with E-state index >= 15 is 0 Å². The van der Waals surface area contributed by atoms with Gasteiger partial charge in [-0.3, -0.25) is 9.78 Å². The highest BCUT2D eigenvalue weighted by Crippen LogP contribution is 2.26. The molecule has 1 aromatic carbocycles. The van der Waals surface area contributed by atoms with E-state index in [1.165, 1.54) is 6.20 Å². The second kappa shape index (κ2) is 6.55. The largest absolute Gasteiger partial charge is 0.358 e.